The van der Waals surface area contributed by atoms with E-state index in [9.17, 15) is 0 Å². The van der Waals surface area contributed by atoms with Crippen molar-refractivity contribution in [3.8, 4) is 0 Å². The third kappa shape index (κ3) is 1.07. The van der Waals surface area contributed by atoms with E-state index in [1.807, 2.05) is 6.07 Å². The van der Waals surface area contributed by atoms with Crippen molar-refractivity contribution < 1.29 is 9.52 Å². The number of fused-ring (bicyclic) bond motifs is 1. The lowest BCUT2D eigenvalue weighted by Gasteiger charge is -2.18. The fraction of sp³-hybridized carbons (Fsp3) is 0.556. The lowest BCUT2D eigenvalue weighted by atomic mass is 9.89. The van der Waals surface area contributed by atoms with Gasteiger partial charge in [-0.05, 0) is 30.9 Å². The highest BCUT2D eigenvalue weighted by Crippen LogP contribution is 2.31. The molecule has 2 nitrogen and oxygen atoms in total. The summed E-state index contributed by atoms with van der Waals surface area (Å²) >= 11 is 0. The zero-order chi connectivity index (χ0) is 7.68. The predicted molar refractivity (Wildman–Crippen MR) is 41.5 cm³/mol. The minimum absolute atomic E-state index is 0.223. The summed E-state index contributed by atoms with van der Waals surface area (Å²) in [5.74, 6) is 1.27. The van der Waals surface area contributed by atoms with Crippen LogP contribution < -0.4 is 0 Å². The first-order valence-corrected chi connectivity index (χ1v) is 4.09. The predicted octanol–water partition coefficient (Wildman–Crippen LogP) is 1.69. The van der Waals surface area contributed by atoms with Crippen molar-refractivity contribution in [2.24, 2.45) is 0 Å². The quantitative estimate of drug-likeness (QED) is 0.664. The van der Waals surface area contributed by atoms with Crippen LogP contribution in [-0.2, 0) is 6.42 Å². The van der Waals surface area contributed by atoms with E-state index >= 15 is 0 Å². The molecule has 1 aromatic heterocycles. The maximum Gasteiger partial charge on any atom is 0.112 e. The smallest absolute Gasteiger partial charge is 0.112 e. The van der Waals surface area contributed by atoms with Crippen molar-refractivity contribution >= 4 is 0 Å². The Hall–Kier alpha value is -0.760. The van der Waals surface area contributed by atoms with Crippen molar-refractivity contribution in [1.82, 2.24) is 0 Å². The van der Waals surface area contributed by atoms with Gasteiger partial charge in [0.25, 0.3) is 0 Å². The first-order valence-electron chi connectivity index (χ1n) is 4.09. The molecule has 11 heavy (non-hydrogen) atoms. The largest absolute Gasteiger partial charge is 0.469 e. The third-order valence-corrected chi connectivity index (χ3v) is 2.37. The number of aliphatic hydroxyl groups is 1. The molecule has 0 aliphatic heterocycles. The van der Waals surface area contributed by atoms with Gasteiger partial charge in [0, 0.05) is 5.92 Å². The van der Waals surface area contributed by atoms with Gasteiger partial charge in [0.15, 0.2) is 0 Å². The fourth-order valence-corrected chi connectivity index (χ4v) is 1.76. The number of aliphatic hydroxyl groups excluding tert-OH is 1. The Balaban J connectivity index is 2.32. The Kier molecular flexibility index (Phi) is 1.70. The Morgan fingerprint density at radius 2 is 2.55 bits per heavy atom. The van der Waals surface area contributed by atoms with Gasteiger partial charge in [-0.15, -0.1) is 0 Å². The van der Waals surface area contributed by atoms with E-state index in [2.05, 4.69) is 0 Å². The van der Waals surface area contributed by atoms with Crippen LogP contribution in [0, 0.1) is 0 Å². The zero-order valence-corrected chi connectivity index (χ0v) is 6.42. The molecule has 1 N–H and O–H groups in total. The summed E-state index contributed by atoms with van der Waals surface area (Å²) in [5.41, 5.74) is 1.29. The normalized spacial score (nSPS) is 23.2. The first-order chi connectivity index (χ1) is 5.42. The summed E-state index contributed by atoms with van der Waals surface area (Å²) < 4.78 is 5.30. The molecule has 0 saturated heterocycles. The Morgan fingerprint density at radius 1 is 1.64 bits per heavy atom. The van der Waals surface area contributed by atoms with E-state index < -0.39 is 0 Å². The van der Waals surface area contributed by atoms with Gasteiger partial charge >= 0.3 is 0 Å². The summed E-state index contributed by atoms with van der Waals surface area (Å²) in [6.07, 6.45) is 5.08. The molecule has 0 radical (unpaired) electrons. The molecule has 0 fully saturated rings. The molecule has 1 aliphatic rings. The van der Waals surface area contributed by atoms with Gasteiger partial charge in [-0.25, -0.2) is 0 Å². The number of furan rings is 1. The molecule has 0 saturated carbocycles. The van der Waals surface area contributed by atoms with E-state index in [4.69, 9.17) is 9.52 Å². The van der Waals surface area contributed by atoms with Crippen molar-refractivity contribution in [3.05, 3.63) is 23.7 Å². The molecule has 1 aliphatic carbocycles. The van der Waals surface area contributed by atoms with Crippen molar-refractivity contribution in [3.63, 3.8) is 0 Å². The minimum Gasteiger partial charge on any atom is -0.469 e. The van der Waals surface area contributed by atoms with Crippen LogP contribution in [0.15, 0.2) is 16.7 Å². The topological polar surface area (TPSA) is 33.4 Å². The van der Waals surface area contributed by atoms with E-state index in [1.54, 1.807) is 6.26 Å². The maximum atomic E-state index is 9.00. The number of rotatable bonds is 1. The summed E-state index contributed by atoms with van der Waals surface area (Å²) in [5, 5.41) is 9.00. The molecule has 0 unspecified atom stereocenters. The van der Waals surface area contributed by atoms with Crippen LogP contribution in [0.1, 0.15) is 30.1 Å². The molecular weight excluding hydrogens is 140 g/mol. The highest BCUT2D eigenvalue weighted by molar-refractivity contribution is 5.23. The number of hydrogen-bond donors (Lipinski definition) is 1. The van der Waals surface area contributed by atoms with Crippen molar-refractivity contribution in [2.75, 3.05) is 6.61 Å². The number of hydrogen-bond acceptors (Lipinski definition) is 2. The van der Waals surface area contributed by atoms with Gasteiger partial charge in [0.2, 0.25) is 0 Å². The van der Waals surface area contributed by atoms with Gasteiger partial charge in [0.1, 0.15) is 5.76 Å². The molecule has 1 atom stereocenters. The summed E-state index contributed by atoms with van der Waals surface area (Å²) in [4.78, 5) is 0. The lowest BCUT2D eigenvalue weighted by molar-refractivity contribution is 0.234. The molecule has 1 heterocycles. The van der Waals surface area contributed by atoms with E-state index in [0.29, 0.717) is 0 Å². The Morgan fingerprint density at radius 3 is 3.36 bits per heavy atom. The van der Waals surface area contributed by atoms with Crippen LogP contribution in [-0.4, -0.2) is 11.7 Å². The number of aryl methyl sites for hydroxylation is 1. The summed E-state index contributed by atoms with van der Waals surface area (Å²) in [7, 11) is 0. The SMILES string of the molecule is OC[C@@H]1CCCc2ccoc21. The molecule has 0 aromatic carbocycles. The molecule has 0 amide bonds. The third-order valence-electron chi connectivity index (χ3n) is 2.37. The van der Waals surface area contributed by atoms with Crippen LogP contribution >= 0.6 is 0 Å². The Bertz CT molecular complexity index is 239. The highest BCUT2D eigenvalue weighted by atomic mass is 16.3. The summed E-state index contributed by atoms with van der Waals surface area (Å²) in [6, 6.07) is 2.01. The molecule has 0 bridgehead atoms. The van der Waals surface area contributed by atoms with Gasteiger partial charge in [-0.2, -0.15) is 0 Å². The van der Waals surface area contributed by atoms with Crippen LogP contribution in [0.25, 0.3) is 0 Å². The monoisotopic (exact) mass is 152 g/mol. The molecular formula is C9H12O2. The average Bonchev–Trinajstić information content (AvgIpc) is 2.50. The van der Waals surface area contributed by atoms with E-state index in [0.717, 1.165) is 18.6 Å². The maximum absolute atomic E-state index is 9.00. The van der Waals surface area contributed by atoms with E-state index in [1.165, 1.54) is 12.0 Å². The van der Waals surface area contributed by atoms with E-state index in [-0.39, 0.29) is 12.5 Å². The zero-order valence-electron chi connectivity index (χ0n) is 6.42. The highest BCUT2D eigenvalue weighted by Gasteiger charge is 2.21. The standard InChI is InChI=1S/C9H12O2/c10-6-8-3-1-2-7-4-5-11-9(7)8/h4-5,8,10H,1-3,6H2/t8-/m0/s1. The van der Waals surface area contributed by atoms with Gasteiger partial charge in [-0.3, -0.25) is 0 Å². The Labute approximate surface area is 65.8 Å². The lowest BCUT2D eigenvalue weighted by Crippen LogP contribution is -2.10. The second kappa shape index (κ2) is 2.70. The first kappa shape index (κ1) is 6.92. The second-order valence-electron chi connectivity index (χ2n) is 3.08. The van der Waals surface area contributed by atoms with Crippen molar-refractivity contribution in [2.45, 2.75) is 25.2 Å². The van der Waals surface area contributed by atoms with Crippen LogP contribution in [0.3, 0.4) is 0 Å². The molecule has 2 heteroatoms. The van der Waals surface area contributed by atoms with Crippen LogP contribution in [0.4, 0.5) is 0 Å². The average molecular weight is 152 g/mol. The minimum atomic E-state index is 0.223. The second-order valence-corrected chi connectivity index (χ2v) is 3.08. The summed E-state index contributed by atoms with van der Waals surface area (Å²) in [6.45, 7) is 0.223. The van der Waals surface area contributed by atoms with Gasteiger partial charge in [-0.1, -0.05) is 0 Å². The molecule has 0 spiro atoms. The van der Waals surface area contributed by atoms with Crippen molar-refractivity contribution in [1.29, 1.82) is 0 Å². The molecule has 60 valence electrons. The van der Waals surface area contributed by atoms with Gasteiger partial charge < -0.3 is 9.52 Å². The molecule has 1 aromatic rings. The molecule has 2 rings (SSSR count). The van der Waals surface area contributed by atoms with Crippen LogP contribution in [0.5, 0.6) is 0 Å². The van der Waals surface area contributed by atoms with Gasteiger partial charge in [0.05, 0.1) is 12.9 Å². The fourth-order valence-electron chi connectivity index (χ4n) is 1.76. The van der Waals surface area contributed by atoms with Crippen LogP contribution in [0.2, 0.25) is 0 Å².